The maximum atomic E-state index is 2.38. The first kappa shape index (κ1) is 27.2. The second kappa shape index (κ2) is 11.0. The molecule has 2 heteroatoms. The number of aryl methyl sites for hydroxylation is 1. The van der Waals surface area contributed by atoms with E-state index in [4.69, 9.17) is 0 Å². The van der Waals surface area contributed by atoms with Gasteiger partial charge in [-0.25, -0.2) is 0 Å². The van der Waals surface area contributed by atoms with Crippen LogP contribution >= 0.6 is 0 Å². The van der Waals surface area contributed by atoms with Crippen LogP contribution in [0.2, 0.25) is 0 Å². The highest BCUT2D eigenvalue weighted by atomic mass is 15.1. The molecule has 0 spiro atoms. The van der Waals surface area contributed by atoms with Crippen LogP contribution in [0, 0.1) is 0 Å². The van der Waals surface area contributed by atoms with E-state index in [-0.39, 0.29) is 0 Å². The van der Waals surface area contributed by atoms with Gasteiger partial charge < -0.3 is 9.47 Å². The minimum absolute atomic E-state index is 1.12. The van der Waals surface area contributed by atoms with E-state index in [1.54, 1.807) is 0 Å². The zero-order valence-electron chi connectivity index (χ0n) is 26.1. The molecule has 1 heterocycles. The number of rotatable bonds is 5. The van der Waals surface area contributed by atoms with Crippen LogP contribution in [-0.4, -0.2) is 4.57 Å². The van der Waals surface area contributed by atoms with Gasteiger partial charge in [0, 0.05) is 45.8 Å². The molecule has 9 aromatic rings. The molecule has 2 nitrogen and oxygen atoms in total. The predicted octanol–water partition coefficient (Wildman–Crippen LogP) is 12.4. The number of para-hydroxylation sites is 1. The molecule has 9 rings (SSSR count). The van der Waals surface area contributed by atoms with Gasteiger partial charge in [0.2, 0.25) is 0 Å². The van der Waals surface area contributed by atoms with Crippen LogP contribution in [0.4, 0.5) is 17.1 Å². The first-order chi connectivity index (χ1) is 23.2. The molecule has 0 aliphatic carbocycles. The third-order valence-electron chi connectivity index (χ3n) is 9.55. The van der Waals surface area contributed by atoms with Crippen molar-refractivity contribution in [3.05, 3.63) is 176 Å². The van der Waals surface area contributed by atoms with E-state index in [1.807, 2.05) is 0 Å². The van der Waals surface area contributed by atoms with Crippen LogP contribution in [0.5, 0.6) is 0 Å². The number of fused-ring (bicyclic) bond motifs is 8. The second-order valence-corrected chi connectivity index (χ2v) is 12.2. The number of anilines is 3. The van der Waals surface area contributed by atoms with Gasteiger partial charge >= 0.3 is 0 Å². The van der Waals surface area contributed by atoms with Crippen LogP contribution in [0.15, 0.2) is 176 Å². The lowest BCUT2D eigenvalue weighted by molar-refractivity contribution is 1.02. The minimum Gasteiger partial charge on any atom is -0.343 e. The Morgan fingerprint density at radius 1 is 0.362 bits per heavy atom. The number of hydrogen-bond donors (Lipinski definition) is 0. The van der Waals surface area contributed by atoms with Crippen molar-refractivity contribution in [2.45, 2.75) is 0 Å². The monoisotopic (exact) mass is 600 g/mol. The Labute approximate surface area is 274 Å². The van der Waals surface area contributed by atoms with E-state index in [0.29, 0.717) is 0 Å². The van der Waals surface area contributed by atoms with Gasteiger partial charge in [0.05, 0.1) is 5.52 Å². The highest BCUT2D eigenvalue weighted by Gasteiger charge is 2.17. The fourth-order valence-corrected chi connectivity index (χ4v) is 7.35. The molecule has 8 aromatic carbocycles. The summed E-state index contributed by atoms with van der Waals surface area (Å²) in [6.07, 6.45) is 0. The quantitative estimate of drug-likeness (QED) is 0.178. The van der Waals surface area contributed by atoms with Crippen molar-refractivity contribution in [3.63, 3.8) is 0 Å². The normalized spacial score (nSPS) is 11.5. The summed E-state index contributed by atoms with van der Waals surface area (Å²) in [5.74, 6) is 0. The summed E-state index contributed by atoms with van der Waals surface area (Å²) in [6, 6.07) is 63.5. The van der Waals surface area contributed by atoms with Crippen molar-refractivity contribution in [3.8, 4) is 22.3 Å². The zero-order chi connectivity index (χ0) is 31.3. The van der Waals surface area contributed by atoms with Crippen molar-refractivity contribution < 1.29 is 0 Å². The van der Waals surface area contributed by atoms with Crippen molar-refractivity contribution >= 4 is 60.4 Å². The molecule has 0 saturated heterocycles. The molecule has 0 N–H and O–H groups in total. The molecule has 0 atom stereocenters. The predicted molar refractivity (Wildman–Crippen MR) is 201 cm³/mol. The molecule has 0 saturated carbocycles. The molecule has 0 amide bonds. The lowest BCUT2D eigenvalue weighted by atomic mass is 9.96. The molecule has 0 fully saturated rings. The minimum atomic E-state index is 1.12. The molecular formula is C45H32N2. The topological polar surface area (TPSA) is 8.17 Å². The summed E-state index contributed by atoms with van der Waals surface area (Å²) >= 11 is 0. The number of benzene rings is 8. The van der Waals surface area contributed by atoms with E-state index in [1.165, 1.54) is 65.6 Å². The third kappa shape index (κ3) is 4.49. The summed E-state index contributed by atoms with van der Waals surface area (Å²) in [7, 11) is 2.21. The van der Waals surface area contributed by atoms with E-state index < -0.39 is 0 Å². The van der Waals surface area contributed by atoms with Gasteiger partial charge in [-0.2, -0.15) is 0 Å². The van der Waals surface area contributed by atoms with Gasteiger partial charge in [0.1, 0.15) is 0 Å². The highest BCUT2D eigenvalue weighted by molar-refractivity contribution is 6.31. The van der Waals surface area contributed by atoms with E-state index >= 15 is 0 Å². The lowest BCUT2D eigenvalue weighted by Gasteiger charge is -2.26. The van der Waals surface area contributed by atoms with Crippen molar-refractivity contribution in [1.29, 1.82) is 0 Å². The number of hydrogen-bond acceptors (Lipinski definition) is 1. The van der Waals surface area contributed by atoms with Crippen LogP contribution in [0.1, 0.15) is 0 Å². The fraction of sp³-hybridized carbons (Fsp3) is 0.0222. The second-order valence-electron chi connectivity index (χ2n) is 12.2. The Bertz CT molecular complexity index is 2560. The third-order valence-corrected chi connectivity index (χ3v) is 9.55. The van der Waals surface area contributed by atoms with Gasteiger partial charge in [-0.3, -0.25) is 0 Å². The molecular weight excluding hydrogens is 569 g/mol. The molecule has 1 aromatic heterocycles. The molecule has 0 bridgehead atoms. The number of aromatic nitrogens is 1. The Morgan fingerprint density at radius 3 is 1.62 bits per heavy atom. The summed E-state index contributed by atoms with van der Waals surface area (Å²) in [5.41, 5.74) is 10.7. The van der Waals surface area contributed by atoms with Crippen molar-refractivity contribution in [2.75, 3.05) is 4.90 Å². The molecule has 0 aliphatic heterocycles. The SMILES string of the molecule is Cn1c2cc(-c3ccc(N(c4ccccc4)c4cccc(-c5ccccc5)c4)cc3)ccc2c2c3ccccc3c3ccccc3c21. The molecule has 222 valence electrons. The Morgan fingerprint density at radius 2 is 0.872 bits per heavy atom. The Kier molecular flexibility index (Phi) is 6.39. The summed E-state index contributed by atoms with van der Waals surface area (Å²) < 4.78 is 2.38. The Hall–Kier alpha value is -6.12. The highest BCUT2D eigenvalue weighted by Crippen LogP contribution is 2.42. The molecule has 0 radical (unpaired) electrons. The van der Waals surface area contributed by atoms with E-state index in [2.05, 4.69) is 192 Å². The van der Waals surface area contributed by atoms with E-state index in [0.717, 1.165) is 17.1 Å². The fourth-order valence-electron chi connectivity index (χ4n) is 7.35. The average Bonchev–Trinajstić information content (AvgIpc) is 3.45. The molecule has 0 aliphatic rings. The molecule has 47 heavy (non-hydrogen) atoms. The molecule has 0 unspecified atom stereocenters. The first-order valence-corrected chi connectivity index (χ1v) is 16.2. The van der Waals surface area contributed by atoms with Gasteiger partial charge in [0.25, 0.3) is 0 Å². The summed E-state index contributed by atoms with van der Waals surface area (Å²) in [5, 5.41) is 7.83. The van der Waals surface area contributed by atoms with Gasteiger partial charge in [-0.15, -0.1) is 0 Å². The van der Waals surface area contributed by atoms with E-state index in [9.17, 15) is 0 Å². The van der Waals surface area contributed by atoms with Gasteiger partial charge in [0.15, 0.2) is 0 Å². The average molecular weight is 601 g/mol. The summed E-state index contributed by atoms with van der Waals surface area (Å²) in [6.45, 7) is 0. The lowest BCUT2D eigenvalue weighted by Crippen LogP contribution is -2.09. The van der Waals surface area contributed by atoms with Crippen LogP contribution in [0.25, 0.3) is 65.6 Å². The van der Waals surface area contributed by atoms with Crippen LogP contribution in [-0.2, 0) is 7.05 Å². The maximum absolute atomic E-state index is 2.38. The van der Waals surface area contributed by atoms with Crippen molar-refractivity contribution in [1.82, 2.24) is 4.57 Å². The first-order valence-electron chi connectivity index (χ1n) is 16.2. The maximum Gasteiger partial charge on any atom is 0.0574 e. The number of nitrogens with zero attached hydrogens (tertiary/aromatic N) is 2. The van der Waals surface area contributed by atoms with Gasteiger partial charge in [-0.1, -0.05) is 133 Å². The smallest absolute Gasteiger partial charge is 0.0574 e. The Balaban J connectivity index is 1.16. The van der Waals surface area contributed by atoms with Crippen LogP contribution < -0.4 is 4.90 Å². The van der Waals surface area contributed by atoms with Crippen LogP contribution in [0.3, 0.4) is 0 Å². The standard InChI is InChI=1S/C45H32N2/c1-46-43-30-34(25-28-42(43)44-40-21-10-8-19-38(40)39-20-9-11-22-41(39)45(44)46)32-23-26-36(27-24-32)47(35-16-6-3-7-17-35)37-18-12-15-33(29-37)31-13-4-2-5-14-31/h2-30H,1H3. The van der Waals surface area contributed by atoms with Crippen molar-refractivity contribution in [2.24, 2.45) is 7.05 Å². The summed E-state index contributed by atoms with van der Waals surface area (Å²) in [4.78, 5) is 2.33. The largest absolute Gasteiger partial charge is 0.343 e. The van der Waals surface area contributed by atoms with Gasteiger partial charge in [-0.05, 0) is 80.9 Å². The zero-order valence-corrected chi connectivity index (χ0v) is 26.1.